The summed E-state index contributed by atoms with van der Waals surface area (Å²) in [5, 5.41) is 6.03. The third-order valence-electron chi connectivity index (χ3n) is 3.90. The van der Waals surface area contributed by atoms with Crippen LogP contribution < -0.4 is 10.2 Å². The standard InChI is InChI=1S/C21H20N2O2/c1-2-16-10-12-17(13-11-16)14-22-23-21(24)15-25-20-9-5-7-18-6-3-4-8-19(18)20/h3-14H,2,15H2,1H3,(H,23,24). The van der Waals surface area contributed by atoms with Gasteiger partial charge < -0.3 is 4.74 Å². The van der Waals surface area contributed by atoms with Crippen molar-refractivity contribution in [2.24, 2.45) is 5.10 Å². The molecule has 3 rings (SSSR count). The van der Waals surface area contributed by atoms with Crippen LogP contribution in [0, 0.1) is 0 Å². The van der Waals surface area contributed by atoms with Crippen molar-refractivity contribution in [2.75, 3.05) is 6.61 Å². The van der Waals surface area contributed by atoms with Gasteiger partial charge in [0.1, 0.15) is 5.75 Å². The van der Waals surface area contributed by atoms with Gasteiger partial charge in [0.05, 0.1) is 6.21 Å². The first kappa shape index (κ1) is 16.7. The van der Waals surface area contributed by atoms with Crippen molar-refractivity contribution in [3.63, 3.8) is 0 Å². The molecule has 0 heterocycles. The molecule has 1 amide bonds. The minimum Gasteiger partial charge on any atom is -0.483 e. The highest BCUT2D eigenvalue weighted by Crippen LogP contribution is 2.24. The maximum atomic E-state index is 11.9. The molecule has 0 saturated carbocycles. The smallest absolute Gasteiger partial charge is 0.277 e. The van der Waals surface area contributed by atoms with Crippen molar-refractivity contribution in [3.05, 3.63) is 77.9 Å². The van der Waals surface area contributed by atoms with E-state index in [-0.39, 0.29) is 12.5 Å². The second-order valence-electron chi connectivity index (χ2n) is 5.65. The Morgan fingerprint density at radius 2 is 1.80 bits per heavy atom. The van der Waals surface area contributed by atoms with Gasteiger partial charge in [-0.05, 0) is 29.0 Å². The lowest BCUT2D eigenvalue weighted by Gasteiger charge is -2.08. The summed E-state index contributed by atoms with van der Waals surface area (Å²) in [6.07, 6.45) is 2.62. The molecule has 0 radical (unpaired) electrons. The van der Waals surface area contributed by atoms with Crippen LogP contribution in [0.25, 0.3) is 10.8 Å². The molecule has 4 heteroatoms. The van der Waals surface area contributed by atoms with Crippen LogP contribution in [0.15, 0.2) is 71.8 Å². The van der Waals surface area contributed by atoms with Crippen LogP contribution in [0.4, 0.5) is 0 Å². The first-order valence-corrected chi connectivity index (χ1v) is 8.27. The zero-order valence-corrected chi connectivity index (χ0v) is 14.1. The monoisotopic (exact) mass is 332 g/mol. The molecule has 4 nitrogen and oxygen atoms in total. The molecule has 1 N–H and O–H groups in total. The highest BCUT2D eigenvalue weighted by molar-refractivity contribution is 5.89. The molecule has 0 aliphatic rings. The van der Waals surface area contributed by atoms with Crippen LogP contribution in [0.3, 0.4) is 0 Å². The lowest BCUT2D eigenvalue weighted by atomic mass is 10.1. The number of carbonyl (C=O) groups is 1. The summed E-state index contributed by atoms with van der Waals surface area (Å²) >= 11 is 0. The molecule has 126 valence electrons. The molecule has 0 spiro atoms. The molecule has 0 aliphatic heterocycles. The fraction of sp³-hybridized carbons (Fsp3) is 0.143. The van der Waals surface area contributed by atoms with Crippen LogP contribution in [0.1, 0.15) is 18.1 Å². The predicted molar refractivity (Wildman–Crippen MR) is 101 cm³/mol. The van der Waals surface area contributed by atoms with E-state index in [1.807, 2.05) is 66.7 Å². The lowest BCUT2D eigenvalue weighted by molar-refractivity contribution is -0.123. The number of hydrogen-bond acceptors (Lipinski definition) is 3. The fourth-order valence-electron chi connectivity index (χ4n) is 2.52. The third kappa shape index (κ3) is 4.44. The van der Waals surface area contributed by atoms with Crippen LogP contribution in [0.5, 0.6) is 5.75 Å². The van der Waals surface area contributed by atoms with Gasteiger partial charge in [0.25, 0.3) is 5.91 Å². The first-order valence-electron chi connectivity index (χ1n) is 8.27. The average molecular weight is 332 g/mol. The molecule has 0 aromatic heterocycles. The van der Waals surface area contributed by atoms with Gasteiger partial charge >= 0.3 is 0 Å². The van der Waals surface area contributed by atoms with Gasteiger partial charge in [0, 0.05) is 5.39 Å². The number of carbonyl (C=O) groups excluding carboxylic acids is 1. The quantitative estimate of drug-likeness (QED) is 0.549. The number of nitrogens with zero attached hydrogens (tertiary/aromatic N) is 1. The average Bonchev–Trinajstić information content (AvgIpc) is 2.67. The van der Waals surface area contributed by atoms with E-state index in [9.17, 15) is 4.79 Å². The zero-order chi connectivity index (χ0) is 17.5. The molecule has 0 unspecified atom stereocenters. The number of hydrogen-bond donors (Lipinski definition) is 1. The second-order valence-corrected chi connectivity index (χ2v) is 5.65. The van der Waals surface area contributed by atoms with E-state index < -0.39 is 0 Å². The SMILES string of the molecule is CCc1ccc(C=NNC(=O)COc2cccc3ccccc23)cc1. The Bertz CT molecular complexity index is 881. The number of rotatable bonds is 6. The van der Waals surface area contributed by atoms with Gasteiger partial charge in [-0.1, -0.05) is 67.6 Å². The summed E-state index contributed by atoms with van der Waals surface area (Å²) in [7, 11) is 0. The van der Waals surface area contributed by atoms with Crippen LogP contribution >= 0.6 is 0 Å². The van der Waals surface area contributed by atoms with E-state index in [0.717, 1.165) is 22.8 Å². The predicted octanol–water partition coefficient (Wildman–Crippen LogP) is 3.93. The summed E-state index contributed by atoms with van der Waals surface area (Å²) in [5.74, 6) is 0.391. The summed E-state index contributed by atoms with van der Waals surface area (Å²) < 4.78 is 5.63. The number of nitrogens with one attached hydrogen (secondary N) is 1. The normalized spacial score (nSPS) is 10.9. The lowest BCUT2D eigenvalue weighted by Crippen LogP contribution is -2.24. The Hall–Kier alpha value is -3.14. The zero-order valence-electron chi connectivity index (χ0n) is 14.1. The van der Waals surface area contributed by atoms with Crippen molar-refractivity contribution in [1.29, 1.82) is 0 Å². The Balaban J connectivity index is 1.54. The Morgan fingerprint density at radius 3 is 2.60 bits per heavy atom. The highest BCUT2D eigenvalue weighted by atomic mass is 16.5. The van der Waals surface area contributed by atoms with Crippen LogP contribution in [-0.2, 0) is 11.2 Å². The number of aryl methyl sites for hydroxylation is 1. The van der Waals surface area contributed by atoms with Crippen LogP contribution in [0.2, 0.25) is 0 Å². The van der Waals surface area contributed by atoms with Gasteiger partial charge in [0.2, 0.25) is 0 Å². The Labute approximate surface area is 147 Å². The topological polar surface area (TPSA) is 50.7 Å². The van der Waals surface area contributed by atoms with E-state index in [2.05, 4.69) is 17.5 Å². The van der Waals surface area contributed by atoms with Gasteiger partial charge in [-0.15, -0.1) is 0 Å². The molecule has 0 fully saturated rings. The minimum atomic E-state index is -0.297. The summed E-state index contributed by atoms with van der Waals surface area (Å²) in [6, 6.07) is 21.7. The fourth-order valence-corrected chi connectivity index (χ4v) is 2.52. The van der Waals surface area contributed by atoms with Crippen molar-refractivity contribution in [1.82, 2.24) is 5.43 Å². The van der Waals surface area contributed by atoms with Gasteiger partial charge in [-0.3, -0.25) is 4.79 Å². The molecule has 0 saturated heterocycles. The summed E-state index contributed by atoms with van der Waals surface area (Å²) in [6.45, 7) is 2.03. The second kappa shape index (κ2) is 8.11. The van der Waals surface area contributed by atoms with Crippen molar-refractivity contribution in [3.8, 4) is 5.75 Å². The molecule has 3 aromatic rings. The summed E-state index contributed by atoms with van der Waals surface area (Å²) in [4.78, 5) is 11.9. The van der Waals surface area contributed by atoms with E-state index in [1.54, 1.807) is 6.21 Å². The maximum Gasteiger partial charge on any atom is 0.277 e. The molecular formula is C21H20N2O2. The van der Waals surface area contributed by atoms with Gasteiger partial charge in [0.15, 0.2) is 6.61 Å². The first-order chi connectivity index (χ1) is 12.3. The van der Waals surface area contributed by atoms with Crippen LogP contribution in [-0.4, -0.2) is 18.7 Å². The highest BCUT2D eigenvalue weighted by Gasteiger charge is 2.04. The largest absolute Gasteiger partial charge is 0.483 e. The Kier molecular flexibility index (Phi) is 5.42. The Morgan fingerprint density at radius 1 is 1.04 bits per heavy atom. The number of hydrazone groups is 1. The number of fused-ring (bicyclic) bond motifs is 1. The van der Waals surface area contributed by atoms with E-state index in [1.165, 1.54) is 5.56 Å². The number of ether oxygens (including phenoxy) is 1. The molecule has 0 bridgehead atoms. The summed E-state index contributed by atoms with van der Waals surface area (Å²) in [5.41, 5.74) is 4.69. The third-order valence-corrected chi connectivity index (χ3v) is 3.90. The van der Waals surface area contributed by atoms with E-state index >= 15 is 0 Å². The minimum absolute atomic E-state index is 0.0832. The van der Waals surface area contributed by atoms with Crippen molar-refractivity contribution >= 4 is 22.9 Å². The van der Waals surface area contributed by atoms with E-state index in [0.29, 0.717) is 5.75 Å². The molecular weight excluding hydrogens is 312 g/mol. The van der Waals surface area contributed by atoms with E-state index in [4.69, 9.17) is 4.74 Å². The van der Waals surface area contributed by atoms with Gasteiger partial charge in [-0.25, -0.2) is 5.43 Å². The van der Waals surface area contributed by atoms with Crippen molar-refractivity contribution < 1.29 is 9.53 Å². The molecule has 0 atom stereocenters. The molecule has 3 aromatic carbocycles. The number of benzene rings is 3. The molecule has 0 aliphatic carbocycles. The number of amides is 1. The van der Waals surface area contributed by atoms with Crippen molar-refractivity contribution in [2.45, 2.75) is 13.3 Å². The maximum absolute atomic E-state index is 11.9. The van der Waals surface area contributed by atoms with Gasteiger partial charge in [-0.2, -0.15) is 5.10 Å². The molecule has 25 heavy (non-hydrogen) atoms.